The smallest absolute Gasteiger partial charge is 0.119 e. The van der Waals surface area contributed by atoms with E-state index in [1.54, 1.807) is 0 Å². The highest BCUT2D eigenvalue weighted by Crippen LogP contribution is 2.15. The maximum absolute atomic E-state index is 10.2. The van der Waals surface area contributed by atoms with Crippen LogP contribution in [0.3, 0.4) is 0 Å². The topological polar surface area (TPSA) is 41.5 Å². The van der Waals surface area contributed by atoms with Crippen molar-refractivity contribution in [1.29, 1.82) is 0 Å². The van der Waals surface area contributed by atoms with Gasteiger partial charge in [0.15, 0.2) is 0 Å². The predicted molar refractivity (Wildman–Crippen MR) is 88.6 cm³/mol. The molecular weight excluding hydrogens is 262 g/mol. The number of hydrogen-bond acceptors (Lipinski definition) is 3. The molecule has 21 heavy (non-hydrogen) atoms. The van der Waals surface area contributed by atoms with E-state index < -0.39 is 5.60 Å². The van der Waals surface area contributed by atoms with Gasteiger partial charge >= 0.3 is 0 Å². The summed E-state index contributed by atoms with van der Waals surface area (Å²) < 4.78 is 5.70. The van der Waals surface area contributed by atoms with Gasteiger partial charge in [-0.1, -0.05) is 39.8 Å². The second kappa shape index (κ2) is 9.06. The van der Waals surface area contributed by atoms with Gasteiger partial charge in [-0.25, -0.2) is 0 Å². The van der Waals surface area contributed by atoms with Crippen molar-refractivity contribution in [3.63, 3.8) is 0 Å². The lowest BCUT2D eigenvalue weighted by Gasteiger charge is -2.25. The van der Waals surface area contributed by atoms with Crippen molar-refractivity contribution in [1.82, 2.24) is 5.32 Å². The van der Waals surface area contributed by atoms with Crippen molar-refractivity contribution in [3.8, 4) is 5.75 Å². The van der Waals surface area contributed by atoms with Crippen molar-refractivity contribution in [2.45, 2.75) is 59.1 Å². The summed E-state index contributed by atoms with van der Waals surface area (Å²) in [6.45, 7) is 10.6. The highest BCUT2D eigenvalue weighted by molar-refractivity contribution is 5.27. The molecule has 0 fully saturated rings. The summed E-state index contributed by atoms with van der Waals surface area (Å²) in [6.07, 6.45) is 2.63. The minimum absolute atomic E-state index is 0.583. The monoisotopic (exact) mass is 293 g/mol. The molecule has 1 aromatic carbocycles. The number of aliphatic hydroxyl groups is 1. The summed E-state index contributed by atoms with van der Waals surface area (Å²) in [6, 6.07) is 8.19. The van der Waals surface area contributed by atoms with Crippen LogP contribution in [-0.4, -0.2) is 23.9 Å². The van der Waals surface area contributed by atoms with Gasteiger partial charge < -0.3 is 15.2 Å². The molecule has 0 amide bonds. The maximum atomic E-state index is 10.2. The van der Waals surface area contributed by atoms with Gasteiger partial charge in [0.25, 0.3) is 0 Å². The van der Waals surface area contributed by atoms with Crippen LogP contribution in [0.5, 0.6) is 5.75 Å². The van der Waals surface area contributed by atoms with Crippen molar-refractivity contribution < 1.29 is 9.84 Å². The molecule has 0 spiro atoms. The van der Waals surface area contributed by atoms with Crippen LogP contribution in [0, 0.1) is 5.92 Å². The quantitative estimate of drug-likeness (QED) is 0.690. The van der Waals surface area contributed by atoms with Gasteiger partial charge in [-0.2, -0.15) is 0 Å². The van der Waals surface area contributed by atoms with Crippen LogP contribution in [-0.2, 0) is 6.54 Å². The van der Waals surface area contributed by atoms with Crippen molar-refractivity contribution in [2.24, 2.45) is 5.92 Å². The molecule has 0 aliphatic heterocycles. The molecule has 1 rings (SSSR count). The number of hydrogen-bond donors (Lipinski definition) is 2. The van der Waals surface area contributed by atoms with E-state index in [1.165, 1.54) is 5.56 Å². The molecule has 3 heteroatoms. The van der Waals surface area contributed by atoms with E-state index >= 15 is 0 Å². The van der Waals surface area contributed by atoms with E-state index in [1.807, 2.05) is 26.0 Å². The first-order valence-electron chi connectivity index (χ1n) is 8.14. The third-order valence-corrected chi connectivity index (χ3v) is 3.99. The average Bonchev–Trinajstić information content (AvgIpc) is 2.48. The molecule has 0 aromatic heterocycles. The fraction of sp³-hybridized carbons (Fsp3) is 0.667. The average molecular weight is 293 g/mol. The highest BCUT2D eigenvalue weighted by atomic mass is 16.5. The summed E-state index contributed by atoms with van der Waals surface area (Å²) >= 11 is 0. The number of nitrogens with one attached hydrogen (secondary N) is 1. The zero-order valence-corrected chi connectivity index (χ0v) is 14.0. The van der Waals surface area contributed by atoms with Gasteiger partial charge in [-0.15, -0.1) is 0 Å². The predicted octanol–water partition coefficient (Wildman–Crippen LogP) is 3.75. The number of rotatable bonds is 10. The Morgan fingerprint density at radius 3 is 2.29 bits per heavy atom. The molecule has 0 unspecified atom stereocenters. The van der Waals surface area contributed by atoms with Crippen LogP contribution in [0.15, 0.2) is 24.3 Å². The standard InChI is InChI=1S/C18H31NO2/c1-5-18(20,6-2)14-19-13-16-7-9-17(10-8-16)21-12-11-15(3)4/h7-10,15,19-20H,5-6,11-14H2,1-4H3. The number of benzene rings is 1. The van der Waals surface area contributed by atoms with E-state index in [9.17, 15) is 5.11 Å². The molecule has 0 saturated heterocycles. The third-order valence-electron chi connectivity index (χ3n) is 3.99. The highest BCUT2D eigenvalue weighted by Gasteiger charge is 2.20. The lowest BCUT2D eigenvalue weighted by molar-refractivity contribution is 0.0323. The zero-order chi connectivity index (χ0) is 15.7. The maximum Gasteiger partial charge on any atom is 0.119 e. The molecule has 3 nitrogen and oxygen atoms in total. The lowest BCUT2D eigenvalue weighted by Crippen LogP contribution is -2.39. The van der Waals surface area contributed by atoms with E-state index in [2.05, 4.69) is 31.3 Å². The summed E-state index contributed by atoms with van der Waals surface area (Å²) in [4.78, 5) is 0. The molecule has 0 atom stereocenters. The van der Waals surface area contributed by atoms with Crippen LogP contribution < -0.4 is 10.1 Å². The Labute approximate surface area is 129 Å². The van der Waals surface area contributed by atoms with E-state index in [-0.39, 0.29) is 0 Å². The van der Waals surface area contributed by atoms with Crippen LogP contribution in [0.4, 0.5) is 0 Å². The van der Waals surface area contributed by atoms with Gasteiger partial charge in [-0.3, -0.25) is 0 Å². The van der Waals surface area contributed by atoms with Gasteiger partial charge in [0.05, 0.1) is 12.2 Å². The molecule has 1 aromatic rings. The molecule has 120 valence electrons. The van der Waals surface area contributed by atoms with Gasteiger partial charge in [0, 0.05) is 13.1 Å². The second-order valence-electron chi connectivity index (χ2n) is 6.21. The Hall–Kier alpha value is -1.06. The first-order chi connectivity index (χ1) is 9.99. The summed E-state index contributed by atoms with van der Waals surface area (Å²) in [5.74, 6) is 1.60. The summed E-state index contributed by atoms with van der Waals surface area (Å²) in [7, 11) is 0. The summed E-state index contributed by atoms with van der Waals surface area (Å²) in [5.41, 5.74) is 0.626. The molecule has 0 saturated carbocycles. The molecule has 0 aliphatic carbocycles. The summed E-state index contributed by atoms with van der Waals surface area (Å²) in [5, 5.41) is 13.5. The Kier molecular flexibility index (Phi) is 7.76. The van der Waals surface area contributed by atoms with Crippen molar-refractivity contribution >= 4 is 0 Å². The SMILES string of the molecule is CCC(O)(CC)CNCc1ccc(OCCC(C)C)cc1. The Bertz CT molecular complexity index is 383. The van der Waals surface area contributed by atoms with Gasteiger partial charge in [0.1, 0.15) is 5.75 Å². The van der Waals surface area contributed by atoms with Crippen LogP contribution in [0.2, 0.25) is 0 Å². The Morgan fingerprint density at radius 1 is 1.14 bits per heavy atom. The number of ether oxygens (including phenoxy) is 1. The minimum Gasteiger partial charge on any atom is -0.494 e. The molecule has 0 aliphatic rings. The Morgan fingerprint density at radius 2 is 1.76 bits per heavy atom. The van der Waals surface area contributed by atoms with Crippen LogP contribution in [0.1, 0.15) is 52.5 Å². The first kappa shape index (κ1) is 18.0. The van der Waals surface area contributed by atoms with Gasteiger partial charge in [0.2, 0.25) is 0 Å². The van der Waals surface area contributed by atoms with E-state index in [4.69, 9.17) is 4.74 Å². The molecule has 0 bridgehead atoms. The lowest BCUT2D eigenvalue weighted by atomic mass is 9.97. The minimum atomic E-state index is -0.583. The molecular formula is C18H31NO2. The fourth-order valence-corrected chi connectivity index (χ4v) is 2.06. The van der Waals surface area contributed by atoms with Crippen molar-refractivity contribution in [3.05, 3.63) is 29.8 Å². The van der Waals surface area contributed by atoms with Crippen molar-refractivity contribution in [2.75, 3.05) is 13.2 Å². The molecule has 2 N–H and O–H groups in total. The Balaban J connectivity index is 2.34. The molecule has 0 heterocycles. The van der Waals surface area contributed by atoms with Crippen LogP contribution in [0.25, 0.3) is 0 Å². The normalized spacial score (nSPS) is 11.9. The largest absolute Gasteiger partial charge is 0.494 e. The van der Waals surface area contributed by atoms with E-state index in [0.717, 1.165) is 38.2 Å². The zero-order valence-electron chi connectivity index (χ0n) is 14.0. The van der Waals surface area contributed by atoms with Gasteiger partial charge in [-0.05, 0) is 42.9 Å². The molecule has 0 radical (unpaired) electrons. The third kappa shape index (κ3) is 6.96. The first-order valence-corrected chi connectivity index (χ1v) is 8.14. The fourth-order valence-electron chi connectivity index (χ4n) is 2.06. The second-order valence-corrected chi connectivity index (χ2v) is 6.21. The van der Waals surface area contributed by atoms with E-state index in [0.29, 0.717) is 12.5 Å². The van der Waals surface area contributed by atoms with Crippen LogP contribution >= 0.6 is 0 Å².